The van der Waals surface area contributed by atoms with E-state index < -0.39 is 39.8 Å². The highest BCUT2D eigenvalue weighted by molar-refractivity contribution is 7.87. The van der Waals surface area contributed by atoms with Crippen molar-refractivity contribution in [3.8, 4) is 0 Å². The summed E-state index contributed by atoms with van der Waals surface area (Å²) < 4.78 is 54.6. The van der Waals surface area contributed by atoms with E-state index in [9.17, 15) is 22.0 Å². The first kappa shape index (κ1) is 19.7. The molecule has 0 bridgehead atoms. The molecule has 0 aliphatic carbocycles. The quantitative estimate of drug-likeness (QED) is 0.809. The van der Waals surface area contributed by atoms with E-state index in [1.54, 1.807) is 0 Å². The fourth-order valence-corrected chi connectivity index (χ4v) is 4.28. The van der Waals surface area contributed by atoms with Gasteiger partial charge in [0.05, 0.1) is 5.02 Å². The zero-order chi connectivity index (χ0) is 19.8. The van der Waals surface area contributed by atoms with Gasteiger partial charge in [-0.05, 0) is 42.3 Å². The maximum Gasteiger partial charge on any atom is 0.280 e. The molecule has 1 saturated heterocycles. The van der Waals surface area contributed by atoms with Crippen LogP contribution >= 0.6 is 11.6 Å². The van der Waals surface area contributed by atoms with Gasteiger partial charge in [0.15, 0.2) is 0 Å². The summed E-state index contributed by atoms with van der Waals surface area (Å²) in [5, 5.41) is 2.38. The van der Waals surface area contributed by atoms with Gasteiger partial charge in [0.1, 0.15) is 17.7 Å². The third-order valence-electron chi connectivity index (χ3n) is 4.33. The number of carbonyl (C=O) groups excluding carboxylic acids is 1. The minimum Gasteiger partial charge on any atom is -0.325 e. The number of nitrogens with zero attached hydrogens (tertiary/aromatic N) is 1. The Morgan fingerprint density at radius 2 is 1.89 bits per heavy atom. The summed E-state index contributed by atoms with van der Waals surface area (Å²) in [6.07, 6.45) is 0.127. The van der Waals surface area contributed by atoms with Gasteiger partial charge in [-0.1, -0.05) is 23.7 Å². The molecule has 6 nitrogen and oxygen atoms in total. The molecule has 27 heavy (non-hydrogen) atoms. The molecule has 2 aromatic rings. The fraction of sp³-hybridized carbons (Fsp3) is 0.235. The zero-order valence-corrected chi connectivity index (χ0v) is 15.7. The molecule has 1 heterocycles. The Kier molecular flexibility index (Phi) is 5.48. The molecule has 10 heteroatoms. The van der Waals surface area contributed by atoms with E-state index in [1.165, 1.54) is 43.4 Å². The van der Waals surface area contributed by atoms with E-state index >= 15 is 0 Å². The second-order valence-corrected chi connectivity index (χ2v) is 8.28. The standard InChI is InChI=1S/C17H16ClF2N3O3S/c1-23-16(17(24)21-12-6-7-14(20)13(18)8-12)9-15(22-27(23,25)26)10-2-4-11(19)5-3-10/h2-8,15-16,22H,9H2,1H3,(H,21,24)/t15-,16+/m1/s1. The molecule has 1 aliphatic heterocycles. The number of anilines is 1. The number of amides is 1. The van der Waals surface area contributed by atoms with Crippen LogP contribution in [-0.2, 0) is 15.0 Å². The number of rotatable bonds is 3. The van der Waals surface area contributed by atoms with Crippen LogP contribution in [0.5, 0.6) is 0 Å². The molecular weight excluding hydrogens is 400 g/mol. The zero-order valence-electron chi connectivity index (χ0n) is 14.1. The highest BCUT2D eigenvalue weighted by atomic mass is 35.5. The van der Waals surface area contributed by atoms with E-state index in [-0.39, 0.29) is 17.1 Å². The Morgan fingerprint density at radius 1 is 1.22 bits per heavy atom. The van der Waals surface area contributed by atoms with Gasteiger partial charge in [-0.2, -0.15) is 17.4 Å². The Morgan fingerprint density at radius 3 is 2.52 bits per heavy atom. The van der Waals surface area contributed by atoms with Crippen LogP contribution in [-0.4, -0.2) is 31.7 Å². The molecule has 2 atom stereocenters. The summed E-state index contributed by atoms with van der Waals surface area (Å²) >= 11 is 5.70. The number of nitrogens with one attached hydrogen (secondary N) is 2. The van der Waals surface area contributed by atoms with Crippen molar-refractivity contribution >= 4 is 33.4 Å². The van der Waals surface area contributed by atoms with Crippen LogP contribution in [0.4, 0.5) is 14.5 Å². The maximum absolute atomic E-state index is 13.3. The molecule has 144 valence electrons. The number of halogens is 3. The van der Waals surface area contributed by atoms with Gasteiger partial charge in [0.2, 0.25) is 5.91 Å². The van der Waals surface area contributed by atoms with Crippen molar-refractivity contribution in [3.63, 3.8) is 0 Å². The number of likely N-dealkylation sites (N-methyl/N-ethyl adjacent to an activating group) is 1. The lowest BCUT2D eigenvalue weighted by atomic mass is 9.99. The molecule has 3 rings (SSSR count). The normalized spacial score (nSPS) is 22.4. The van der Waals surface area contributed by atoms with E-state index in [2.05, 4.69) is 10.0 Å². The monoisotopic (exact) mass is 415 g/mol. The molecule has 0 aromatic heterocycles. The molecule has 1 fully saturated rings. The lowest BCUT2D eigenvalue weighted by Crippen LogP contribution is -2.55. The molecule has 0 unspecified atom stereocenters. The minimum atomic E-state index is -3.93. The number of benzene rings is 2. The summed E-state index contributed by atoms with van der Waals surface area (Å²) in [5.74, 6) is -1.66. The Bertz CT molecular complexity index is 970. The Hall–Kier alpha value is -2.07. The van der Waals surface area contributed by atoms with E-state index in [0.717, 1.165) is 10.4 Å². The minimum absolute atomic E-state index is 0.127. The van der Waals surface area contributed by atoms with Crippen molar-refractivity contribution in [2.45, 2.75) is 18.5 Å². The van der Waals surface area contributed by atoms with Crippen molar-refractivity contribution in [1.82, 2.24) is 9.03 Å². The first-order chi connectivity index (χ1) is 12.7. The lowest BCUT2D eigenvalue weighted by molar-refractivity contribution is -0.120. The number of hydrogen-bond donors (Lipinski definition) is 2. The SMILES string of the molecule is CN1[C@H](C(=O)Nc2ccc(F)c(Cl)c2)C[C@H](c2ccc(F)cc2)NS1(=O)=O. The first-order valence-corrected chi connectivity index (χ1v) is 9.76. The summed E-state index contributed by atoms with van der Waals surface area (Å²) in [4.78, 5) is 12.7. The predicted octanol–water partition coefficient (Wildman–Crippen LogP) is 2.84. The van der Waals surface area contributed by atoms with Gasteiger partial charge in [-0.15, -0.1) is 0 Å². The average molecular weight is 416 g/mol. The highest BCUT2D eigenvalue weighted by Crippen LogP contribution is 2.29. The van der Waals surface area contributed by atoms with E-state index in [4.69, 9.17) is 11.6 Å². The van der Waals surface area contributed by atoms with Gasteiger partial charge >= 0.3 is 0 Å². The number of hydrogen-bond acceptors (Lipinski definition) is 3. The van der Waals surface area contributed by atoms with Crippen molar-refractivity contribution in [2.75, 3.05) is 12.4 Å². The van der Waals surface area contributed by atoms with Crippen LogP contribution in [0.25, 0.3) is 0 Å². The number of carbonyl (C=O) groups is 1. The third kappa shape index (κ3) is 4.27. The van der Waals surface area contributed by atoms with Crippen LogP contribution < -0.4 is 10.0 Å². The third-order valence-corrected chi connectivity index (χ3v) is 6.22. The predicted molar refractivity (Wildman–Crippen MR) is 97.4 cm³/mol. The smallest absolute Gasteiger partial charge is 0.280 e. The van der Waals surface area contributed by atoms with Crippen molar-refractivity contribution in [3.05, 3.63) is 64.7 Å². The van der Waals surface area contributed by atoms with Crippen LogP contribution in [0.3, 0.4) is 0 Å². The van der Waals surface area contributed by atoms with Crippen molar-refractivity contribution in [1.29, 1.82) is 0 Å². The average Bonchev–Trinajstić information content (AvgIpc) is 2.61. The molecule has 0 radical (unpaired) electrons. The summed E-state index contributed by atoms with van der Waals surface area (Å²) in [6, 6.07) is 7.31. The van der Waals surface area contributed by atoms with E-state index in [0.29, 0.717) is 5.56 Å². The maximum atomic E-state index is 13.3. The van der Waals surface area contributed by atoms with Crippen LogP contribution in [0.2, 0.25) is 5.02 Å². The van der Waals surface area contributed by atoms with Gasteiger partial charge in [-0.3, -0.25) is 4.79 Å². The Balaban J connectivity index is 1.84. The van der Waals surface area contributed by atoms with Crippen molar-refractivity contribution < 1.29 is 22.0 Å². The molecule has 1 amide bonds. The molecular formula is C17H16ClF2N3O3S. The molecule has 0 spiro atoms. The summed E-state index contributed by atoms with van der Waals surface area (Å²) in [7, 11) is -2.64. The van der Waals surface area contributed by atoms with Gasteiger partial charge < -0.3 is 5.32 Å². The van der Waals surface area contributed by atoms with Crippen LogP contribution in [0.1, 0.15) is 18.0 Å². The molecule has 0 saturated carbocycles. The first-order valence-electron chi connectivity index (χ1n) is 7.94. The molecule has 2 N–H and O–H groups in total. The van der Waals surface area contributed by atoms with Crippen LogP contribution in [0, 0.1) is 11.6 Å². The second-order valence-electron chi connectivity index (χ2n) is 6.11. The Labute approximate surface area is 160 Å². The van der Waals surface area contributed by atoms with E-state index in [1.807, 2.05) is 0 Å². The fourth-order valence-electron chi connectivity index (χ4n) is 2.82. The van der Waals surface area contributed by atoms with Gasteiger partial charge in [-0.25, -0.2) is 8.78 Å². The lowest BCUT2D eigenvalue weighted by Gasteiger charge is -2.36. The largest absolute Gasteiger partial charge is 0.325 e. The topological polar surface area (TPSA) is 78.5 Å². The second kappa shape index (κ2) is 7.51. The molecule has 2 aromatic carbocycles. The van der Waals surface area contributed by atoms with Crippen molar-refractivity contribution in [2.24, 2.45) is 0 Å². The summed E-state index contributed by atoms with van der Waals surface area (Å²) in [5.41, 5.74) is 0.782. The molecule has 1 aliphatic rings. The highest BCUT2D eigenvalue weighted by Gasteiger charge is 2.40. The van der Waals surface area contributed by atoms with Crippen LogP contribution in [0.15, 0.2) is 42.5 Å². The van der Waals surface area contributed by atoms with Gasteiger partial charge in [0.25, 0.3) is 10.2 Å². The van der Waals surface area contributed by atoms with Gasteiger partial charge in [0, 0.05) is 18.8 Å². The summed E-state index contributed by atoms with van der Waals surface area (Å²) in [6.45, 7) is 0.